The predicted molar refractivity (Wildman–Crippen MR) is 95.5 cm³/mol. The summed E-state index contributed by atoms with van der Waals surface area (Å²) in [4.78, 5) is 35.8. The van der Waals surface area contributed by atoms with Crippen molar-refractivity contribution >= 4 is 17.7 Å². The predicted octanol–water partition coefficient (Wildman–Crippen LogP) is 1.17. The van der Waals surface area contributed by atoms with Crippen molar-refractivity contribution in [1.29, 1.82) is 0 Å². The maximum atomic E-state index is 12.6. The number of amides is 3. The molecule has 140 valence electrons. The number of hydrogen-bond acceptors (Lipinski definition) is 4. The minimum atomic E-state index is -0.593. The van der Waals surface area contributed by atoms with Crippen LogP contribution in [-0.2, 0) is 9.59 Å². The molecule has 7 heteroatoms. The molecule has 0 aliphatic rings. The van der Waals surface area contributed by atoms with Gasteiger partial charge in [0.15, 0.2) is 5.78 Å². The number of rotatable bonds is 10. The SMILES string of the molecule is CNC(CC(C)C)C(=O)NC(CCCNC(N)=O)C(=O)C(C)(C)C. The topological polar surface area (TPSA) is 113 Å². The molecule has 0 aliphatic heterocycles. The van der Waals surface area contributed by atoms with Gasteiger partial charge in [0.05, 0.1) is 12.1 Å². The Kier molecular flexibility index (Phi) is 9.58. The van der Waals surface area contributed by atoms with Crippen molar-refractivity contribution in [2.45, 2.75) is 66.0 Å². The van der Waals surface area contributed by atoms with E-state index in [9.17, 15) is 14.4 Å². The molecule has 0 saturated heterocycles. The van der Waals surface area contributed by atoms with Crippen LogP contribution in [0.5, 0.6) is 0 Å². The molecule has 0 bridgehead atoms. The first-order valence-corrected chi connectivity index (χ1v) is 8.54. The highest BCUT2D eigenvalue weighted by atomic mass is 16.2. The summed E-state index contributed by atoms with van der Waals surface area (Å²) in [6.45, 7) is 9.97. The lowest BCUT2D eigenvalue weighted by molar-refractivity contribution is -0.133. The Morgan fingerprint density at radius 2 is 1.67 bits per heavy atom. The minimum Gasteiger partial charge on any atom is -0.352 e. The van der Waals surface area contributed by atoms with Gasteiger partial charge in [-0.05, 0) is 32.2 Å². The standard InChI is InChI=1S/C17H34N4O3/c1-11(2)10-13(19-6)15(23)21-12(14(22)17(3,4)5)8-7-9-20-16(18)24/h11-13,19H,7-10H2,1-6H3,(H,21,23)(H3,18,20,24). The largest absolute Gasteiger partial charge is 0.352 e. The fraction of sp³-hybridized carbons (Fsp3) is 0.824. The smallest absolute Gasteiger partial charge is 0.312 e. The van der Waals surface area contributed by atoms with Crippen LogP contribution in [0.2, 0.25) is 0 Å². The summed E-state index contributed by atoms with van der Waals surface area (Å²) >= 11 is 0. The van der Waals surface area contributed by atoms with Crippen LogP contribution in [0, 0.1) is 11.3 Å². The Morgan fingerprint density at radius 1 is 1.08 bits per heavy atom. The number of nitrogens with two attached hydrogens (primary N) is 1. The molecular formula is C17H34N4O3. The molecule has 3 amide bonds. The lowest BCUT2D eigenvalue weighted by atomic mass is 9.84. The highest BCUT2D eigenvalue weighted by Crippen LogP contribution is 2.19. The number of primary amides is 1. The van der Waals surface area contributed by atoms with Gasteiger partial charge < -0.3 is 21.7 Å². The van der Waals surface area contributed by atoms with Crippen LogP contribution < -0.4 is 21.7 Å². The number of carbonyl (C=O) groups excluding carboxylic acids is 3. The van der Waals surface area contributed by atoms with Crippen LogP contribution in [0.25, 0.3) is 0 Å². The monoisotopic (exact) mass is 342 g/mol. The zero-order chi connectivity index (χ0) is 18.9. The number of carbonyl (C=O) groups is 3. The van der Waals surface area contributed by atoms with Crippen molar-refractivity contribution in [3.63, 3.8) is 0 Å². The molecule has 0 rings (SSSR count). The molecule has 5 N–H and O–H groups in total. The number of likely N-dealkylation sites (N-methyl/N-ethyl adjacent to an activating group) is 1. The Balaban J connectivity index is 4.88. The van der Waals surface area contributed by atoms with E-state index in [0.29, 0.717) is 31.7 Å². The number of hydrogen-bond donors (Lipinski definition) is 4. The van der Waals surface area contributed by atoms with Gasteiger partial charge in [-0.25, -0.2) is 4.79 Å². The molecule has 0 radical (unpaired) electrons. The summed E-state index contributed by atoms with van der Waals surface area (Å²) in [6, 6.07) is -1.50. The van der Waals surface area contributed by atoms with Gasteiger partial charge in [0, 0.05) is 12.0 Å². The third-order valence-corrected chi connectivity index (χ3v) is 3.71. The summed E-state index contributed by atoms with van der Waals surface area (Å²) in [5.41, 5.74) is 4.47. The number of Topliss-reactive ketones (excluding diaryl/α,β-unsaturated/α-hetero) is 1. The van der Waals surface area contributed by atoms with Gasteiger partial charge in [0.1, 0.15) is 0 Å². The van der Waals surface area contributed by atoms with E-state index in [2.05, 4.69) is 16.0 Å². The molecule has 0 heterocycles. The second kappa shape index (κ2) is 10.3. The van der Waals surface area contributed by atoms with Crippen molar-refractivity contribution in [2.75, 3.05) is 13.6 Å². The van der Waals surface area contributed by atoms with E-state index < -0.39 is 17.5 Å². The molecular weight excluding hydrogens is 308 g/mol. The Hall–Kier alpha value is -1.63. The zero-order valence-corrected chi connectivity index (χ0v) is 15.9. The number of nitrogens with one attached hydrogen (secondary N) is 3. The van der Waals surface area contributed by atoms with Gasteiger partial charge in [-0.15, -0.1) is 0 Å². The van der Waals surface area contributed by atoms with Crippen molar-refractivity contribution in [2.24, 2.45) is 17.1 Å². The van der Waals surface area contributed by atoms with Gasteiger partial charge in [-0.1, -0.05) is 34.6 Å². The van der Waals surface area contributed by atoms with Gasteiger partial charge in [0.2, 0.25) is 5.91 Å². The lowest BCUT2D eigenvalue weighted by Crippen LogP contribution is -2.52. The fourth-order valence-corrected chi connectivity index (χ4v) is 2.41. The molecule has 0 spiro atoms. The second-order valence-corrected chi connectivity index (χ2v) is 7.58. The third-order valence-electron chi connectivity index (χ3n) is 3.71. The van der Waals surface area contributed by atoms with E-state index in [1.165, 1.54) is 0 Å². The van der Waals surface area contributed by atoms with Crippen molar-refractivity contribution in [3.05, 3.63) is 0 Å². The van der Waals surface area contributed by atoms with Crippen LogP contribution in [-0.4, -0.2) is 43.4 Å². The quantitative estimate of drug-likeness (QED) is 0.446. The zero-order valence-electron chi connectivity index (χ0n) is 15.9. The molecule has 0 aliphatic carbocycles. The summed E-state index contributed by atoms with van der Waals surface area (Å²) in [5, 5.41) is 8.37. The molecule has 0 aromatic rings. The summed E-state index contributed by atoms with van der Waals surface area (Å²) in [6.07, 6.45) is 1.71. The first-order valence-electron chi connectivity index (χ1n) is 8.54. The maximum Gasteiger partial charge on any atom is 0.312 e. The summed E-state index contributed by atoms with van der Waals surface area (Å²) in [7, 11) is 1.74. The number of ketones is 1. The molecule has 0 saturated carbocycles. The first kappa shape index (κ1) is 22.4. The van der Waals surface area contributed by atoms with Crippen LogP contribution in [0.15, 0.2) is 0 Å². The fourth-order valence-electron chi connectivity index (χ4n) is 2.41. The van der Waals surface area contributed by atoms with E-state index in [-0.39, 0.29) is 17.7 Å². The average molecular weight is 342 g/mol. The Labute approximate surface area is 145 Å². The summed E-state index contributed by atoms with van der Waals surface area (Å²) < 4.78 is 0. The summed E-state index contributed by atoms with van der Waals surface area (Å²) in [5.74, 6) is 0.177. The second-order valence-electron chi connectivity index (χ2n) is 7.58. The molecule has 24 heavy (non-hydrogen) atoms. The van der Waals surface area contributed by atoms with Crippen LogP contribution in [0.4, 0.5) is 4.79 Å². The lowest BCUT2D eigenvalue weighted by Gasteiger charge is -2.27. The van der Waals surface area contributed by atoms with Gasteiger partial charge in [-0.2, -0.15) is 0 Å². The van der Waals surface area contributed by atoms with Gasteiger partial charge in [-0.3, -0.25) is 9.59 Å². The molecule has 7 nitrogen and oxygen atoms in total. The minimum absolute atomic E-state index is 0.0191. The van der Waals surface area contributed by atoms with E-state index in [0.717, 1.165) is 0 Å². The maximum absolute atomic E-state index is 12.6. The van der Waals surface area contributed by atoms with Crippen LogP contribution in [0.3, 0.4) is 0 Å². The number of urea groups is 1. The van der Waals surface area contributed by atoms with Crippen molar-refractivity contribution in [1.82, 2.24) is 16.0 Å². The molecule has 0 aromatic heterocycles. The third kappa shape index (κ3) is 8.86. The normalized spacial score (nSPS) is 14.1. The van der Waals surface area contributed by atoms with E-state index in [1.54, 1.807) is 7.05 Å². The van der Waals surface area contributed by atoms with Crippen LogP contribution >= 0.6 is 0 Å². The van der Waals surface area contributed by atoms with E-state index in [4.69, 9.17) is 5.73 Å². The Bertz CT molecular complexity index is 430. The Morgan fingerprint density at radius 3 is 2.08 bits per heavy atom. The molecule has 2 unspecified atom stereocenters. The van der Waals surface area contributed by atoms with Gasteiger partial charge in [0.25, 0.3) is 0 Å². The van der Waals surface area contributed by atoms with Crippen molar-refractivity contribution in [3.8, 4) is 0 Å². The van der Waals surface area contributed by atoms with Gasteiger partial charge >= 0.3 is 6.03 Å². The van der Waals surface area contributed by atoms with Crippen molar-refractivity contribution < 1.29 is 14.4 Å². The highest BCUT2D eigenvalue weighted by Gasteiger charge is 2.31. The first-order chi connectivity index (χ1) is 11.0. The highest BCUT2D eigenvalue weighted by molar-refractivity contribution is 5.93. The molecule has 2 atom stereocenters. The van der Waals surface area contributed by atoms with E-state index >= 15 is 0 Å². The molecule has 0 fully saturated rings. The average Bonchev–Trinajstić information content (AvgIpc) is 2.45. The molecule has 0 aromatic carbocycles. The van der Waals surface area contributed by atoms with E-state index in [1.807, 2.05) is 34.6 Å². The van der Waals surface area contributed by atoms with Crippen LogP contribution in [0.1, 0.15) is 53.9 Å².